The molecular weight excluding hydrogens is 391 g/mol. The first-order valence-electron chi connectivity index (χ1n) is 9.77. The van der Waals surface area contributed by atoms with E-state index in [4.69, 9.17) is 0 Å². The maximum absolute atomic E-state index is 13.3. The van der Waals surface area contributed by atoms with Crippen LogP contribution in [0, 0.1) is 19.7 Å². The van der Waals surface area contributed by atoms with E-state index in [9.17, 15) is 17.6 Å². The number of halogens is 1. The lowest BCUT2D eigenvalue weighted by Gasteiger charge is -2.30. The van der Waals surface area contributed by atoms with Gasteiger partial charge in [-0.1, -0.05) is 25.0 Å². The van der Waals surface area contributed by atoms with Crippen LogP contribution in [0.1, 0.15) is 52.7 Å². The standard InChI is InChI=1S/C22H27FN2O3S/c1-15-12-17(13-20(16(15)2)29(27,28)24-3)21(26)25-14-22(10-4-5-11-22)18-6-8-19(23)9-7-18/h6-9,12-13,24H,4-5,10-11,14H2,1-3H3,(H,25,26). The molecule has 3 rings (SSSR count). The predicted molar refractivity (Wildman–Crippen MR) is 111 cm³/mol. The lowest BCUT2D eigenvalue weighted by atomic mass is 9.78. The van der Waals surface area contributed by atoms with E-state index in [1.165, 1.54) is 25.2 Å². The number of carbonyl (C=O) groups excluding carboxylic acids is 1. The zero-order chi connectivity index (χ0) is 21.2. The van der Waals surface area contributed by atoms with Gasteiger partial charge < -0.3 is 5.32 Å². The Morgan fingerprint density at radius 1 is 1.10 bits per heavy atom. The quantitative estimate of drug-likeness (QED) is 0.753. The highest BCUT2D eigenvalue weighted by atomic mass is 32.2. The second-order valence-electron chi connectivity index (χ2n) is 7.80. The van der Waals surface area contributed by atoms with Crippen LogP contribution in [0.5, 0.6) is 0 Å². The smallest absolute Gasteiger partial charge is 0.251 e. The van der Waals surface area contributed by atoms with E-state index in [-0.39, 0.29) is 22.0 Å². The van der Waals surface area contributed by atoms with Crippen molar-refractivity contribution in [2.24, 2.45) is 0 Å². The molecule has 0 aromatic heterocycles. The van der Waals surface area contributed by atoms with Gasteiger partial charge in [0.15, 0.2) is 0 Å². The molecule has 2 aromatic rings. The highest BCUT2D eigenvalue weighted by molar-refractivity contribution is 7.89. The maximum atomic E-state index is 13.3. The summed E-state index contributed by atoms with van der Waals surface area (Å²) >= 11 is 0. The number of sulfonamides is 1. The summed E-state index contributed by atoms with van der Waals surface area (Å²) in [6.45, 7) is 3.94. The van der Waals surface area contributed by atoms with Crippen LogP contribution in [-0.2, 0) is 15.4 Å². The molecule has 1 aliphatic carbocycles. The predicted octanol–water partition coefficient (Wildman–Crippen LogP) is 3.59. The van der Waals surface area contributed by atoms with E-state index >= 15 is 0 Å². The largest absolute Gasteiger partial charge is 0.351 e. The average molecular weight is 419 g/mol. The van der Waals surface area contributed by atoms with Crippen molar-refractivity contribution < 1.29 is 17.6 Å². The van der Waals surface area contributed by atoms with E-state index < -0.39 is 10.0 Å². The monoisotopic (exact) mass is 418 g/mol. The van der Waals surface area contributed by atoms with Crippen LogP contribution in [-0.4, -0.2) is 27.9 Å². The fraction of sp³-hybridized carbons (Fsp3) is 0.409. The first-order chi connectivity index (χ1) is 13.7. The van der Waals surface area contributed by atoms with Gasteiger partial charge in [-0.05, 0) is 74.7 Å². The van der Waals surface area contributed by atoms with Crippen molar-refractivity contribution in [1.82, 2.24) is 10.0 Å². The number of hydrogen-bond donors (Lipinski definition) is 2. The first kappa shape index (κ1) is 21.5. The fourth-order valence-electron chi connectivity index (χ4n) is 4.12. The van der Waals surface area contributed by atoms with Gasteiger partial charge in [0.05, 0.1) is 4.90 Å². The van der Waals surface area contributed by atoms with Gasteiger partial charge in [0, 0.05) is 17.5 Å². The minimum Gasteiger partial charge on any atom is -0.351 e. The van der Waals surface area contributed by atoms with Crippen molar-refractivity contribution in [2.45, 2.75) is 49.8 Å². The molecule has 0 saturated heterocycles. The normalized spacial score (nSPS) is 16.0. The molecule has 2 aromatic carbocycles. The second kappa shape index (κ2) is 8.24. The van der Waals surface area contributed by atoms with E-state index in [0.717, 1.165) is 36.8 Å². The molecule has 7 heteroatoms. The fourth-order valence-corrected chi connectivity index (χ4v) is 5.19. The van der Waals surface area contributed by atoms with Gasteiger partial charge in [0.25, 0.3) is 5.91 Å². The summed E-state index contributed by atoms with van der Waals surface area (Å²) < 4.78 is 40.3. The van der Waals surface area contributed by atoms with E-state index in [1.807, 2.05) is 0 Å². The molecule has 0 aliphatic heterocycles. The van der Waals surface area contributed by atoms with E-state index in [1.54, 1.807) is 32.0 Å². The summed E-state index contributed by atoms with van der Waals surface area (Å²) in [6.07, 6.45) is 3.96. The van der Waals surface area contributed by atoms with Crippen molar-refractivity contribution >= 4 is 15.9 Å². The Morgan fingerprint density at radius 3 is 2.31 bits per heavy atom. The minimum atomic E-state index is -3.66. The zero-order valence-electron chi connectivity index (χ0n) is 17.0. The number of amides is 1. The van der Waals surface area contributed by atoms with Crippen molar-refractivity contribution in [3.8, 4) is 0 Å². The molecule has 1 aliphatic rings. The molecular formula is C22H27FN2O3S. The summed E-state index contributed by atoms with van der Waals surface area (Å²) in [5.41, 5.74) is 2.47. The van der Waals surface area contributed by atoms with Crippen LogP contribution < -0.4 is 10.0 Å². The third-order valence-electron chi connectivity index (χ3n) is 6.04. The van der Waals surface area contributed by atoms with Gasteiger partial charge in [-0.25, -0.2) is 17.5 Å². The third kappa shape index (κ3) is 4.36. The van der Waals surface area contributed by atoms with Gasteiger partial charge in [-0.3, -0.25) is 4.79 Å². The SMILES string of the molecule is CNS(=O)(=O)c1cc(C(=O)NCC2(c3ccc(F)cc3)CCCC2)cc(C)c1C. The van der Waals surface area contributed by atoms with Gasteiger partial charge in [-0.15, -0.1) is 0 Å². The summed E-state index contributed by atoms with van der Waals surface area (Å²) in [5, 5.41) is 2.99. The molecule has 1 fully saturated rings. The molecule has 1 amide bonds. The lowest BCUT2D eigenvalue weighted by Crippen LogP contribution is -2.39. The number of rotatable bonds is 6. The molecule has 0 atom stereocenters. The Hall–Kier alpha value is -2.25. The second-order valence-corrected chi connectivity index (χ2v) is 9.66. The number of aryl methyl sites for hydroxylation is 1. The molecule has 1 saturated carbocycles. The van der Waals surface area contributed by atoms with Crippen molar-refractivity contribution in [3.63, 3.8) is 0 Å². The highest BCUT2D eigenvalue weighted by Crippen LogP contribution is 2.40. The third-order valence-corrected chi connectivity index (χ3v) is 7.59. The Kier molecular flexibility index (Phi) is 6.10. The number of carbonyl (C=O) groups is 1. The van der Waals surface area contributed by atoms with Crippen LogP contribution in [0.4, 0.5) is 4.39 Å². The average Bonchev–Trinajstić information content (AvgIpc) is 3.18. The van der Waals surface area contributed by atoms with Gasteiger partial charge in [-0.2, -0.15) is 0 Å². The maximum Gasteiger partial charge on any atom is 0.251 e. The number of hydrogen-bond acceptors (Lipinski definition) is 3. The number of benzene rings is 2. The van der Waals surface area contributed by atoms with Crippen LogP contribution in [0.25, 0.3) is 0 Å². The summed E-state index contributed by atoms with van der Waals surface area (Å²) in [7, 11) is -2.31. The molecule has 0 radical (unpaired) electrons. The minimum absolute atomic E-state index is 0.110. The van der Waals surface area contributed by atoms with Crippen molar-refractivity contribution in [2.75, 3.05) is 13.6 Å². The summed E-state index contributed by atoms with van der Waals surface area (Å²) in [6, 6.07) is 9.62. The van der Waals surface area contributed by atoms with Crippen LogP contribution in [0.3, 0.4) is 0 Å². The van der Waals surface area contributed by atoms with E-state index in [0.29, 0.717) is 17.7 Å². The van der Waals surface area contributed by atoms with Crippen LogP contribution >= 0.6 is 0 Å². The van der Waals surface area contributed by atoms with Crippen LogP contribution in [0.15, 0.2) is 41.3 Å². The van der Waals surface area contributed by atoms with Crippen molar-refractivity contribution in [1.29, 1.82) is 0 Å². The molecule has 0 spiro atoms. The summed E-state index contributed by atoms with van der Waals surface area (Å²) in [4.78, 5) is 13.0. The molecule has 0 heterocycles. The molecule has 2 N–H and O–H groups in total. The lowest BCUT2D eigenvalue weighted by molar-refractivity contribution is 0.0942. The Labute approximate surface area is 171 Å². The topological polar surface area (TPSA) is 75.3 Å². The van der Waals surface area contributed by atoms with Gasteiger partial charge in [0.2, 0.25) is 10.0 Å². The Balaban J connectivity index is 1.85. The molecule has 0 bridgehead atoms. The van der Waals surface area contributed by atoms with Crippen molar-refractivity contribution in [3.05, 3.63) is 64.5 Å². The highest BCUT2D eigenvalue weighted by Gasteiger charge is 2.36. The van der Waals surface area contributed by atoms with Gasteiger partial charge >= 0.3 is 0 Å². The summed E-state index contributed by atoms with van der Waals surface area (Å²) in [5.74, 6) is -0.589. The van der Waals surface area contributed by atoms with Gasteiger partial charge in [0.1, 0.15) is 5.82 Å². The zero-order valence-corrected chi connectivity index (χ0v) is 17.8. The molecule has 0 unspecified atom stereocenters. The number of nitrogens with one attached hydrogen (secondary N) is 2. The molecule has 5 nitrogen and oxygen atoms in total. The van der Waals surface area contributed by atoms with E-state index in [2.05, 4.69) is 10.0 Å². The molecule has 156 valence electrons. The Bertz CT molecular complexity index is 1010. The Morgan fingerprint density at radius 2 is 1.72 bits per heavy atom. The first-order valence-corrected chi connectivity index (χ1v) is 11.3. The molecule has 29 heavy (non-hydrogen) atoms. The van der Waals surface area contributed by atoms with Crippen LogP contribution in [0.2, 0.25) is 0 Å².